The van der Waals surface area contributed by atoms with Crippen LogP contribution in [0.15, 0.2) is 85.3 Å². The monoisotopic (exact) mass is 484 g/mol. The van der Waals surface area contributed by atoms with Gasteiger partial charge in [-0.05, 0) is 92.1 Å². The van der Waals surface area contributed by atoms with E-state index < -0.39 is 0 Å². The van der Waals surface area contributed by atoms with Crippen LogP contribution in [0.2, 0.25) is 0 Å². The standard InChI is InChI=1S/C33H32N4/c1-2-16-34-32(5-1)25-9-7-24(8-10-25)31-22-36-33-30(31)20-28(21-35-33)27-11-6-23-12-14-29(15-13-26(23)19-27)37-17-3-4-18-37/h1-2,5-11,16,19-22,29H,3-4,12-15,17-18H2,(H,35,36). The molecule has 0 bridgehead atoms. The molecule has 5 aromatic rings. The van der Waals surface area contributed by atoms with Gasteiger partial charge in [-0.1, -0.05) is 48.5 Å². The van der Waals surface area contributed by atoms with Gasteiger partial charge >= 0.3 is 0 Å². The summed E-state index contributed by atoms with van der Waals surface area (Å²) in [7, 11) is 0. The van der Waals surface area contributed by atoms with Gasteiger partial charge in [0, 0.05) is 46.7 Å². The van der Waals surface area contributed by atoms with E-state index in [2.05, 4.69) is 69.6 Å². The third-order valence-corrected chi connectivity index (χ3v) is 8.38. The van der Waals surface area contributed by atoms with Gasteiger partial charge in [-0.15, -0.1) is 0 Å². The first-order valence-corrected chi connectivity index (χ1v) is 13.7. The summed E-state index contributed by atoms with van der Waals surface area (Å²) in [5.74, 6) is 0. The molecule has 2 aliphatic rings. The highest BCUT2D eigenvalue weighted by atomic mass is 15.2. The molecule has 4 heterocycles. The third kappa shape index (κ3) is 4.36. The minimum absolute atomic E-state index is 0.753. The molecule has 37 heavy (non-hydrogen) atoms. The van der Waals surface area contributed by atoms with Crippen LogP contribution in [0.1, 0.15) is 36.8 Å². The highest BCUT2D eigenvalue weighted by Crippen LogP contribution is 2.34. The number of fused-ring (bicyclic) bond motifs is 2. The van der Waals surface area contributed by atoms with Crippen molar-refractivity contribution in [2.75, 3.05) is 13.1 Å². The maximum atomic E-state index is 4.79. The maximum Gasteiger partial charge on any atom is 0.137 e. The number of aryl methyl sites for hydroxylation is 2. The van der Waals surface area contributed by atoms with Gasteiger partial charge in [0.25, 0.3) is 0 Å². The molecule has 4 heteroatoms. The van der Waals surface area contributed by atoms with Crippen LogP contribution in [0.5, 0.6) is 0 Å². The van der Waals surface area contributed by atoms with E-state index in [1.807, 2.05) is 30.6 Å². The van der Waals surface area contributed by atoms with Crippen molar-refractivity contribution < 1.29 is 0 Å². The lowest BCUT2D eigenvalue weighted by molar-refractivity contribution is 0.222. The van der Waals surface area contributed by atoms with Gasteiger partial charge in [0.1, 0.15) is 5.65 Å². The normalized spacial score (nSPS) is 18.1. The quantitative estimate of drug-likeness (QED) is 0.272. The third-order valence-electron chi connectivity index (χ3n) is 8.38. The molecule has 1 saturated heterocycles. The van der Waals surface area contributed by atoms with Gasteiger partial charge in [-0.3, -0.25) is 4.98 Å². The average Bonchev–Trinajstić information content (AvgIpc) is 3.60. The summed E-state index contributed by atoms with van der Waals surface area (Å²) < 4.78 is 0. The molecule has 0 spiro atoms. The van der Waals surface area contributed by atoms with Crippen molar-refractivity contribution >= 4 is 11.0 Å². The summed E-state index contributed by atoms with van der Waals surface area (Å²) >= 11 is 0. The fourth-order valence-electron chi connectivity index (χ4n) is 6.30. The number of pyridine rings is 2. The van der Waals surface area contributed by atoms with Crippen molar-refractivity contribution in [2.45, 2.75) is 44.6 Å². The van der Waals surface area contributed by atoms with Crippen LogP contribution in [0, 0.1) is 0 Å². The molecule has 0 saturated carbocycles. The molecule has 4 nitrogen and oxygen atoms in total. The summed E-state index contributed by atoms with van der Waals surface area (Å²) in [6, 6.07) is 24.8. The minimum Gasteiger partial charge on any atom is -0.346 e. The highest BCUT2D eigenvalue weighted by molar-refractivity contribution is 5.96. The number of hydrogen-bond donors (Lipinski definition) is 1. The SMILES string of the molecule is c1ccc(-c2ccc(-c3c[nH]c4ncc(-c5ccc6c(c5)CCC(N5CCCC5)CC6)cc34)cc2)nc1. The summed E-state index contributed by atoms with van der Waals surface area (Å²) in [5.41, 5.74) is 10.9. The Kier molecular flexibility index (Phi) is 5.82. The summed E-state index contributed by atoms with van der Waals surface area (Å²) in [5, 5.41) is 1.16. The molecule has 184 valence electrons. The van der Waals surface area contributed by atoms with Crippen LogP contribution in [-0.4, -0.2) is 39.0 Å². The zero-order chi connectivity index (χ0) is 24.6. The average molecular weight is 485 g/mol. The van der Waals surface area contributed by atoms with E-state index >= 15 is 0 Å². The minimum atomic E-state index is 0.753. The topological polar surface area (TPSA) is 44.8 Å². The summed E-state index contributed by atoms with van der Waals surface area (Å²) in [6.07, 6.45) is 13.6. The molecule has 1 aliphatic carbocycles. The van der Waals surface area contributed by atoms with Crippen molar-refractivity contribution in [3.05, 3.63) is 96.4 Å². The van der Waals surface area contributed by atoms with Gasteiger partial charge in [0.2, 0.25) is 0 Å². The zero-order valence-electron chi connectivity index (χ0n) is 21.2. The number of aromatic amines is 1. The fraction of sp³-hybridized carbons (Fsp3) is 0.273. The number of benzene rings is 2. The van der Waals surface area contributed by atoms with Crippen LogP contribution >= 0.6 is 0 Å². The van der Waals surface area contributed by atoms with Crippen LogP contribution in [0.25, 0.3) is 44.5 Å². The number of H-pyrrole nitrogens is 1. The second kappa shape index (κ2) is 9.60. The van der Waals surface area contributed by atoms with Gasteiger partial charge in [0.05, 0.1) is 5.69 Å². The molecular weight excluding hydrogens is 452 g/mol. The number of nitrogens with one attached hydrogen (secondary N) is 1. The van der Waals surface area contributed by atoms with Gasteiger partial charge in [-0.25, -0.2) is 4.98 Å². The van der Waals surface area contributed by atoms with Crippen molar-refractivity contribution in [3.63, 3.8) is 0 Å². The molecule has 1 atom stereocenters. The number of nitrogens with zero attached hydrogens (tertiary/aromatic N) is 3. The molecule has 0 amide bonds. The van der Waals surface area contributed by atoms with Crippen LogP contribution in [0.4, 0.5) is 0 Å². The molecule has 2 aromatic carbocycles. The second-order valence-electron chi connectivity index (χ2n) is 10.6. The van der Waals surface area contributed by atoms with E-state index in [0.29, 0.717) is 0 Å². The first kappa shape index (κ1) is 22.4. The first-order chi connectivity index (χ1) is 18.3. The van der Waals surface area contributed by atoms with Gasteiger partial charge in [-0.2, -0.15) is 0 Å². The fourth-order valence-corrected chi connectivity index (χ4v) is 6.30. The van der Waals surface area contributed by atoms with Gasteiger partial charge < -0.3 is 9.88 Å². The molecule has 1 aliphatic heterocycles. The number of likely N-dealkylation sites (tertiary alicyclic amines) is 1. The molecule has 1 fully saturated rings. The Labute approximate surface area is 218 Å². The predicted molar refractivity (Wildman–Crippen MR) is 151 cm³/mol. The van der Waals surface area contributed by atoms with Crippen molar-refractivity contribution in [1.29, 1.82) is 0 Å². The molecule has 0 radical (unpaired) electrons. The number of rotatable bonds is 4. The van der Waals surface area contributed by atoms with Crippen molar-refractivity contribution in [3.8, 4) is 33.5 Å². The molecule has 1 N–H and O–H groups in total. The van der Waals surface area contributed by atoms with Gasteiger partial charge in [0.15, 0.2) is 0 Å². The van der Waals surface area contributed by atoms with Crippen molar-refractivity contribution in [1.82, 2.24) is 19.9 Å². The Hall–Kier alpha value is -3.76. The van der Waals surface area contributed by atoms with Crippen LogP contribution in [0.3, 0.4) is 0 Å². The molecule has 3 aromatic heterocycles. The highest BCUT2D eigenvalue weighted by Gasteiger charge is 2.24. The Balaban J connectivity index is 1.17. The largest absolute Gasteiger partial charge is 0.346 e. The predicted octanol–water partition coefficient (Wildman–Crippen LogP) is 7.30. The zero-order valence-corrected chi connectivity index (χ0v) is 21.2. The Bertz CT molecular complexity index is 1530. The number of aromatic nitrogens is 3. The number of hydrogen-bond acceptors (Lipinski definition) is 3. The van der Waals surface area contributed by atoms with E-state index in [-0.39, 0.29) is 0 Å². The van der Waals surface area contributed by atoms with Crippen molar-refractivity contribution in [2.24, 2.45) is 0 Å². The molecule has 1 unspecified atom stereocenters. The van der Waals surface area contributed by atoms with Crippen LogP contribution in [-0.2, 0) is 12.8 Å². The second-order valence-corrected chi connectivity index (χ2v) is 10.6. The Morgan fingerprint density at radius 1 is 0.730 bits per heavy atom. The van der Waals surface area contributed by atoms with E-state index in [1.54, 1.807) is 0 Å². The van der Waals surface area contributed by atoms with E-state index in [4.69, 9.17) is 4.98 Å². The van der Waals surface area contributed by atoms with Crippen LogP contribution < -0.4 is 0 Å². The maximum absolute atomic E-state index is 4.79. The first-order valence-electron chi connectivity index (χ1n) is 13.7. The molecule has 7 rings (SSSR count). The Morgan fingerprint density at radius 2 is 1.51 bits per heavy atom. The van der Waals surface area contributed by atoms with E-state index in [9.17, 15) is 0 Å². The van der Waals surface area contributed by atoms with E-state index in [1.165, 1.54) is 85.0 Å². The Morgan fingerprint density at radius 3 is 2.32 bits per heavy atom. The lowest BCUT2D eigenvalue weighted by atomic mass is 9.96. The lowest BCUT2D eigenvalue weighted by Gasteiger charge is -2.25. The smallest absolute Gasteiger partial charge is 0.137 e. The molecular formula is C33H32N4. The lowest BCUT2D eigenvalue weighted by Crippen LogP contribution is -2.32. The summed E-state index contributed by atoms with van der Waals surface area (Å²) in [4.78, 5) is 15.4. The van der Waals surface area contributed by atoms with E-state index in [0.717, 1.165) is 28.3 Å². The summed E-state index contributed by atoms with van der Waals surface area (Å²) in [6.45, 7) is 2.59.